The van der Waals surface area contributed by atoms with E-state index in [1.807, 2.05) is 0 Å². The minimum absolute atomic E-state index is 0.123. The molecular formula is C21H32O3. The molecule has 0 N–H and O–H groups in total. The molecule has 0 unspecified atom stereocenters. The zero-order valence-electron chi connectivity index (χ0n) is 15.5. The van der Waals surface area contributed by atoms with E-state index in [4.69, 9.17) is 4.74 Å². The maximum atomic E-state index is 12.6. The fraction of sp³-hybridized carbons (Fsp3) is 0.905. The average Bonchev–Trinajstić information content (AvgIpc) is 2.78. The van der Waals surface area contributed by atoms with Crippen molar-refractivity contribution in [2.45, 2.75) is 84.7 Å². The summed E-state index contributed by atoms with van der Waals surface area (Å²) in [5, 5.41) is 0. The van der Waals surface area contributed by atoms with Crippen molar-refractivity contribution in [3.63, 3.8) is 0 Å². The van der Waals surface area contributed by atoms with Crippen LogP contribution in [0.1, 0.15) is 78.6 Å². The smallest absolute Gasteiger partial charge is 0.303 e. The second kappa shape index (κ2) is 5.57. The average molecular weight is 332 g/mol. The molecule has 0 aromatic carbocycles. The van der Waals surface area contributed by atoms with Gasteiger partial charge < -0.3 is 4.74 Å². The Balaban J connectivity index is 1.63. The quantitative estimate of drug-likeness (QED) is 0.663. The molecule has 4 aliphatic rings. The predicted molar refractivity (Wildman–Crippen MR) is 92.3 cm³/mol. The molecule has 0 amide bonds. The van der Waals surface area contributed by atoms with Crippen molar-refractivity contribution in [3.8, 4) is 0 Å². The van der Waals surface area contributed by atoms with Crippen LogP contribution < -0.4 is 0 Å². The van der Waals surface area contributed by atoms with Gasteiger partial charge in [0.25, 0.3) is 0 Å². The molecule has 3 nitrogen and oxygen atoms in total. The lowest BCUT2D eigenvalue weighted by molar-refractivity contribution is -0.164. The predicted octanol–water partition coefficient (Wildman–Crippen LogP) is 4.53. The number of ketones is 1. The number of carbonyl (C=O) groups excluding carboxylic acids is 2. The largest absolute Gasteiger partial charge is 0.454 e. The zero-order valence-corrected chi connectivity index (χ0v) is 15.5. The standard InChI is InChI=1S/C21H32O3/c1-13(22)24-19-18(23)12-17-15-8-7-14-6-4-5-10-20(14,2)16(15)9-11-21(17,19)3/h14-17,19H,4-12H2,1-3H3/t14-,15-,16+,17+,19-,20+,21+/m1/s1. The molecule has 0 aromatic heterocycles. The van der Waals surface area contributed by atoms with E-state index in [1.54, 1.807) is 0 Å². The Morgan fingerprint density at radius 1 is 1.00 bits per heavy atom. The molecule has 4 aliphatic carbocycles. The third-order valence-corrected chi connectivity index (χ3v) is 8.62. The number of carbonyl (C=O) groups is 2. The van der Waals surface area contributed by atoms with Crippen LogP contribution in [0.3, 0.4) is 0 Å². The summed E-state index contributed by atoms with van der Waals surface area (Å²) in [4.78, 5) is 24.2. The van der Waals surface area contributed by atoms with Gasteiger partial charge in [-0.3, -0.25) is 9.59 Å². The Bertz CT molecular complexity index is 555. The van der Waals surface area contributed by atoms with Gasteiger partial charge in [0.05, 0.1) is 0 Å². The van der Waals surface area contributed by atoms with Crippen molar-refractivity contribution >= 4 is 11.8 Å². The maximum absolute atomic E-state index is 12.6. The van der Waals surface area contributed by atoms with Gasteiger partial charge in [-0.25, -0.2) is 0 Å². The lowest BCUT2D eigenvalue weighted by Crippen LogP contribution is -2.53. The number of ether oxygens (including phenoxy) is 1. The highest BCUT2D eigenvalue weighted by atomic mass is 16.5. The van der Waals surface area contributed by atoms with Crippen LogP contribution in [0.2, 0.25) is 0 Å². The first-order valence-corrected chi connectivity index (χ1v) is 10.1. The molecule has 0 radical (unpaired) electrons. The second-order valence-electron chi connectivity index (χ2n) is 9.61. The Morgan fingerprint density at radius 2 is 1.79 bits per heavy atom. The first-order chi connectivity index (χ1) is 11.4. The van der Waals surface area contributed by atoms with E-state index in [-0.39, 0.29) is 17.2 Å². The normalized spacial score (nSPS) is 50.6. The van der Waals surface area contributed by atoms with Crippen LogP contribution in [0, 0.1) is 34.5 Å². The molecular weight excluding hydrogens is 300 g/mol. The van der Waals surface area contributed by atoms with E-state index in [2.05, 4.69) is 13.8 Å². The molecule has 0 heterocycles. The minimum atomic E-state index is -0.488. The summed E-state index contributed by atoms with van der Waals surface area (Å²) in [5.74, 6) is 2.63. The second-order valence-corrected chi connectivity index (χ2v) is 9.61. The summed E-state index contributed by atoms with van der Waals surface area (Å²) in [6, 6.07) is 0. The fourth-order valence-corrected chi connectivity index (χ4v) is 7.41. The van der Waals surface area contributed by atoms with Gasteiger partial charge in [-0.15, -0.1) is 0 Å². The third-order valence-electron chi connectivity index (χ3n) is 8.62. The zero-order chi connectivity index (χ0) is 17.1. The highest BCUT2D eigenvalue weighted by Gasteiger charge is 2.63. The van der Waals surface area contributed by atoms with Crippen LogP contribution in [0.4, 0.5) is 0 Å². The van der Waals surface area contributed by atoms with E-state index in [9.17, 15) is 9.59 Å². The van der Waals surface area contributed by atoms with Crippen LogP contribution in [0.25, 0.3) is 0 Å². The van der Waals surface area contributed by atoms with Crippen molar-refractivity contribution in [3.05, 3.63) is 0 Å². The minimum Gasteiger partial charge on any atom is -0.454 e. The van der Waals surface area contributed by atoms with Gasteiger partial charge in [0.1, 0.15) is 0 Å². The van der Waals surface area contributed by atoms with Crippen molar-refractivity contribution in [1.82, 2.24) is 0 Å². The molecule has 4 saturated carbocycles. The van der Waals surface area contributed by atoms with Crippen LogP contribution >= 0.6 is 0 Å². The Labute approximate surface area is 145 Å². The molecule has 24 heavy (non-hydrogen) atoms. The summed E-state index contributed by atoms with van der Waals surface area (Å²) in [7, 11) is 0. The van der Waals surface area contributed by atoms with E-state index in [1.165, 1.54) is 51.9 Å². The Kier molecular flexibility index (Phi) is 3.85. The number of fused-ring (bicyclic) bond motifs is 5. The van der Waals surface area contributed by atoms with Crippen molar-refractivity contribution in [2.24, 2.45) is 34.5 Å². The monoisotopic (exact) mass is 332 g/mol. The summed E-state index contributed by atoms with van der Waals surface area (Å²) in [5.41, 5.74) is 0.368. The highest BCUT2D eigenvalue weighted by Crippen LogP contribution is 2.66. The highest BCUT2D eigenvalue weighted by molar-refractivity contribution is 5.89. The molecule has 3 heteroatoms. The van der Waals surface area contributed by atoms with Gasteiger partial charge in [0, 0.05) is 18.8 Å². The number of hydrogen-bond acceptors (Lipinski definition) is 3. The number of Topliss-reactive ketones (excluding diaryl/α,β-unsaturated/α-hetero) is 1. The van der Waals surface area contributed by atoms with Gasteiger partial charge in [-0.2, -0.15) is 0 Å². The molecule has 0 aliphatic heterocycles. The number of hydrogen-bond donors (Lipinski definition) is 0. The summed E-state index contributed by atoms with van der Waals surface area (Å²) in [6.07, 6.45) is 10.6. The topological polar surface area (TPSA) is 43.4 Å². The van der Waals surface area contributed by atoms with Gasteiger partial charge in [-0.1, -0.05) is 26.7 Å². The Morgan fingerprint density at radius 3 is 2.54 bits per heavy atom. The fourth-order valence-electron chi connectivity index (χ4n) is 7.41. The van der Waals surface area contributed by atoms with Crippen molar-refractivity contribution < 1.29 is 14.3 Å². The number of esters is 1. The first-order valence-electron chi connectivity index (χ1n) is 10.1. The first kappa shape index (κ1) is 16.6. The van der Waals surface area contributed by atoms with Gasteiger partial charge >= 0.3 is 5.97 Å². The van der Waals surface area contributed by atoms with Gasteiger partial charge in [0.2, 0.25) is 0 Å². The number of rotatable bonds is 1. The van der Waals surface area contributed by atoms with E-state index >= 15 is 0 Å². The maximum Gasteiger partial charge on any atom is 0.303 e. The molecule has 0 spiro atoms. The van der Waals surface area contributed by atoms with Crippen LogP contribution in [-0.4, -0.2) is 17.9 Å². The molecule has 4 rings (SSSR count). The van der Waals surface area contributed by atoms with E-state index in [0.717, 1.165) is 18.3 Å². The summed E-state index contributed by atoms with van der Waals surface area (Å²) < 4.78 is 5.52. The molecule has 0 saturated heterocycles. The van der Waals surface area contributed by atoms with Crippen molar-refractivity contribution in [1.29, 1.82) is 0 Å². The van der Waals surface area contributed by atoms with Crippen molar-refractivity contribution in [2.75, 3.05) is 0 Å². The Hall–Kier alpha value is -0.860. The van der Waals surface area contributed by atoms with Crippen LogP contribution in [0.15, 0.2) is 0 Å². The molecule has 7 atom stereocenters. The molecule has 0 aromatic rings. The summed E-state index contributed by atoms with van der Waals surface area (Å²) >= 11 is 0. The van der Waals surface area contributed by atoms with Gasteiger partial charge in [0.15, 0.2) is 11.9 Å². The van der Waals surface area contributed by atoms with E-state index in [0.29, 0.717) is 23.7 Å². The van der Waals surface area contributed by atoms with Crippen LogP contribution in [0.5, 0.6) is 0 Å². The molecule has 4 fully saturated rings. The lowest BCUT2D eigenvalue weighted by Gasteiger charge is -2.60. The molecule has 134 valence electrons. The van der Waals surface area contributed by atoms with Crippen LogP contribution in [-0.2, 0) is 14.3 Å². The third kappa shape index (κ3) is 2.22. The summed E-state index contributed by atoms with van der Waals surface area (Å²) in [6.45, 7) is 6.21. The molecule has 0 bridgehead atoms. The van der Waals surface area contributed by atoms with E-state index < -0.39 is 6.10 Å². The lowest BCUT2D eigenvalue weighted by atomic mass is 9.45. The SMILES string of the molecule is CC(=O)O[C@@H]1C(=O)C[C@H]2[C@@H]3CC[C@H]4CCCC[C@]4(C)[C@H]3CC[C@]12C. The van der Waals surface area contributed by atoms with Gasteiger partial charge in [-0.05, 0) is 67.6 Å².